The Morgan fingerprint density at radius 2 is 1.83 bits per heavy atom. The van der Waals surface area contributed by atoms with E-state index in [0.717, 1.165) is 12.8 Å². The van der Waals surface area contributed by atoms with Crippen LogP contribution in [0.1, 0.15) is 47.4 Å². The van der Waals surface area contributed by atoms with E-state index < -0.39 is 5.97 Å². The number of piperidine rings is 1. The number of carboxylic acids is 1. The van der Waals surface area contributed by atoms with Crippen LogP contribution in [-0.2, 0) is 4.79 Å². The highest BCUT2D eigenvalue weighted by Crippen LogP contribution is 2.18. The largest absolute Gasteiger partial charge is 0.478 e. The molecule has 24 heavy (non-hydrogen) atoms. The molecule has 1 fully saturated rings. The van der Waals surface area contributed by atoms with Crippen molar-refractivity contribution in [2.75, 3.05) is 19.6 Å². The maximum Gasteiger partial charge on any atom is 0.335 e. The average molecular weight is 332 g/mol. The zero-order valence-corrected chi connectivity index (χ0v) is 14.1. The number of rotatable bonds is 5. The maximum atomic E-state index is 12.6. The third-order valence-corrected chi connectivity index (χ3v) is 4.27. The van der Waals surface area contributed by atoms with E-state index in [2.05, 4.69) is 5.32 Å². The van der Waals surface area contributed by atoms with Crippen molar-refractivity contribution in [3.63, 3.8) is 0 Å². The smallest absolute Gasteiger partial charge is 0.335 e. The number of likely N-dealkylation sites (tertiary alicyclic amines) is 1. The van der Waals surface area contributed by atoms with Gasteiger partial charge < -0.3 is 15.3 Å². The molecule has 1 aliphatic heterocycles. The molecular weight excluding hydrogens is 308 g/mol. The topological polar surface area (TPSA) is 86.7 Å². The zero-order chi connectivity index (χ0) is 17.7. The summed E-state index contributed by atoms with van der Waals surface area (Å²) in [5.41, 5.74) is 0.659. The first-order valence-corrected chi connectivity index (χ1v) is 8.29. The van der Waals surface area contributed by atoms with Gasteiger partial charge in [-0.15, -0.1) is 0 Å². The summed E-state index contributed by atoms with van der Waals surface area (Å²) in [6.45, 7) is 5.59. The summed E-state index contributed by atoms with van der Waals surface area (Å²) in [6.07, 6.45) is 1.89. The van der Waals surface area contributed by atoms with E-state index in [4.69, 9.17) is 5.11 Å². The number of hydrogen-bond donors (Lipinski definition) is 2. The molecule has 0 bridgehead atoms. The fourth-order valence-electron chi connectivity index (χ4n) is 2.80. The predicted molar refractivity (Wildman–Crippen MR) is 89.9 cm³/mol. The van der Waals surface area contributed by atoms with Crippen LogP contribution in [0.15, 0.2) is 24.3 Å². The Balaban J connectivity index is 1.94. The molecule has 6 heteroatoms. The lowest BCUT2D eigenvalue weighted by molar-refractivity contribution is -0.124. The number of aromatic carboxylic acids is 1. The van der Waals surface area contributed by atoms with Gasteiger partial charge in [-0.2, -0.15) is 0 Å². The molecule has 0 saturated carbocycles. The number of benzene rings is 1. The van der Waals surface area contributed by atoms with Gasteiger partial charge in [0.2, 0.25) is 5.91 Å². The van der Waals surface area contributed by atoms with Crippen molar-refractivity contribution >= 4 is 17.8 Å². The van der Waals surface area contributed by atoms with Crippen LogP contribution in [0.4, 0.5) is 0 Å². The second-order valence-corrected chi connectivity index (χ2v) is 6.54. The van der Waals surface area contributed by atoms with Gasteiger partial charge in [0.15, 0.2) is 0 Å². The molecule has 1 aromatic rings. The number of carbonyl (C=O) groups is 3. The molecule has 1 aromatic carbocycles. The summed E-state index contributed by atoms with van der Waals surface area (Å²) in [7, 11) is 0. The standard InChI is InChI=1S/C18H24N2O4/c1-12(2)16(21)19-10-13-4-3-9-20(11-13)17(22)14-5-7-15(8-6-14)18(23)24/h5-8,12-13H,3-4,9-11H2,1-2H3,(H,19,21)(H,23,24). The van der Waals surface area contributed by atoms with E-state index in [-0.39, 0.29) is 29.2 Å². The second-order valence-electron chi connectivity index (χ2n) is 6.54. The van der Waals surface area contributed by atoms with Crippen LogP contribution in [0.25, 0.3) is 0 Å². The molecular formula is C18H24N2O4. The van der Waals surface area contributed by atoms with Gasteiger partial charge >= 0.3 is 5.97 Å². The molecule has 0 aromatic heterocycles. The van der Waals surface area contributed by atoms with Gasteiger partial charge in [0.25, 0.3) is 5.91 Å². The van der Waals surface area contributed by atoms with E-state index in [1.807, 2.05) is 13.8 Å². The third-order valence-electron chi connectivity index (χ3n) is 4.27. The van der Waals surface area contributed by atoms with Crippen molar-refractivity contribution in [3.05, 3.63) is 35.4 Å². The number of carbonyl (C=O) groups excluding carboxylic acids is 2. The number of amides is 2. The lowest BCUT2D eigenvalue weighted by Gasteiger charge is -2.33. The number of hydrogen-bond acceptors (Lipinski definition) is 3. The van der Waals surface area contributed by atoms with E-state index in [9.17, 15) is 14.4 Å². The van der Waals surface area contributed by atoms with Crippen molar-refractivity contribution in [1.29, 1.82) is 0 Å². The van der Waals surface area contributed by atoms with E-state index >= 15 is 0 Å². The minimum absolute atomic E-state index is 0.0303. The quantitative estimate of drug-likeness (QED) is 0.863. The fraction of sp³-hybridized carbons (Fsp3) is 0.500. The number of carboxylic acid groups (broad SMARTS) is 1. The summed E-state index contributed by atoms with van der Waals surface area (Å²) in [4.78, 5) is 36.9. The first-order valence-electron chi connectivity index (χ1n) is 8.29. The SMILES string of the molecule is CC(C)C(=O)NCC1CCCN(C(=O)c2ccc(C(=O)O)cc2)C1. The highest BCUT2D eigenvalue weighted by atomic mass is 16.4. The maximum absolute atomic E-state index is 12.6. The van der Waals surface area contributed by atoms with Crippen LogP contribution in [0, 0.1) is 11.8 Å². The van der Waals surface area contributed by atoms with Crippen molar-refractivity contribution < 1.29 is 19.5 Å². The molecule has 2 rings (SSSR count). The Morgan fingerprint density at radius 3 is 2.42 bits per heavy atom. The van der Waals surface area contributed by atoms with Gasteiger partial charge in [0, 0.05) is 31.1 Å². The van der Waals surface area contributed by atoms with Crippen molar-refractivity contribution in [2.45, 2.75) is 26.7 Å². The van der Waals surface area contributed by atoms with Gasteiger partial charge in [0.05, 0.1) is 5.56 Å². The summed E-state index contributed by atoms with van der Waals surface area (Å²) in [5, 5.41) is 11.8. The summed E-state index contributed by atoms with van der Waals surface area (Å²) < 4.78 is 0. The van der Waals surface area contributed by atoms with Crippen molar-refractivity contribution in [1.82, 2.24) is 10.2 Å². The Morgan fingerprint density at radius 1 is 1.21 bits per heavy atom. The first-order chi connectivity index (χ1) is 11.4. The molecule has 1 saturated heterocycles. The number of nitrogens with one attached hydrogen (secondary N) is 1. The molecule has 1 unspecified atom stereocenters. The van der Waals surface area contributed by atoms with Crippen molar-refractivity contribution in [3.8, 4) is 0 Å². The Bertz CT molecular complexity index is 610. The van der Waals surface area contributed by atoms with Gasteiger partial charge in [-0.25, -0.2) is 4.79 Å². The third kappa shape index (κ3) is 4.57. The molecule has 1 aliphatic rings. The molecule has 6 nitrogen and oxygen atoms in total. The van der Waals surface area contributed by atoms with Gasteiger partial charge in [-0.1, -0.05) is 13.8 Å². The van der Waals surface area contributed by atoms with Crippen LogP contribution < -0.4 is 5.32 Å². The molecule has 130 valence electrons. The van der Waals surface area contributed by atoms with Crippen LogP contribution in [0.3, 0.4) is 0 Å². The summed E-state index contributed by atoms with van der Waals surface area (Å²) in [6, 6.07) is 5.99. The first kappa shape index (κ1) is 18.0. The molecule has 0 aliphatic carbocycles. The van der Waals surface area contributed by atoms with Crippen LogP contribution in [0.5, 0.6) is 0 Å². The molecule has 1 atom stereocenters. The lowest BCUT2D eigenvalue weighted by Crippen LogP contribution is -2.44. The van der Waals surface area contributed by atoms with E-state index in [0.29, 0.717) is 25.2 Å². The molecule has 2 amide bonds. The van der Waals surface area contributed by atoms with Crippen LogP contribution in [-0.4, -0.2) is 47.4 Å². The minimum Gasteiger partial charge on any atom is -0.478 e. The molecule has 0 radical (unpaired) electrons. The van der Waals surface area contributed by atoms with Gasteiger partial charge in [-0.3, -0.25) is 9.59 Å². The Labute approximate surface area is 141 Å². The fourth-order valence-corrected chi connectivity index (χ4v) is 2.80. The minimum atomic E-state index is -1.01. The normalized spacial score (nSPS) is 17.6. The second kappa shape index (κ2) is 7.95. The predicted octanol–water partition coefficient (Wildman–Crippen LogP) is 2.01. The number of nitrogens with zero attached hydrogens (tertiary/aromatic N) is 1. The molecule has 0 spiro atoms. The monoisotopic (exact) mass is 332 g/mol. The summed E-state index contributed by atoms with van der Waals surface area (Å²) in [5.74, 6) is -0.856. The average Bonchev–Trinajstić information content (AvgIpc) is 2.59. The van der Waals surface area contributed by atoms with Crippen LogP contribution in [0.2, 0.25) is 0 Å². The molecule has 1 heterocycles. The Kier molecular flexibility index (Phi) is 5.95. The zero-order valence-electron chi connectivity index (χ0n) is 14.1. The van der Waals surface area contributed by atoms with E-state index in [1.165, 1.54) is 12.1 Å². The van der Waals surface area contributed by atoms with E-state index in [1.54, 1.807) is 17.0 Å². The highest BCUT2D eigenvalue weighted by Gasteiger charge is 2.25. The molecule has 2 N–H and O–H groups in total. The van der Waals surface area contributed by atoms with Gasteiger partial charge in [0.1, 0.15) is 0 Å². The lowest BCUT2D eigenvalue weighted by atomic mass is 9.97. The highest BCUT2D eigenvalue weighted by molar-refractivity contribution is 5.96. The van der Waals surface area contributed by atoms with Gasteiger partial charge in [-0.05, 0) is 43.0 Å². The van der Waals surface area contributed by atoms with Crippen LogP contribution >= 0.6 is 0 Å². The Hall–Kier alpha value is -2.37. The summed E-state index contributed by atoms with van der Waals surface area (Å²) >= 11 is 0. The van der Waals surface area contributed by atoms with Crippen molar-refractivity contribution in [2.24, 2.45) is 11.8 Å².